The summed E-state index contributed by atoms with van der Waals surface area (Å²) in [5.74, 6) is 2.20. The van der Waals surface area contributed by atoms with E-state index >= 15 is 0 Å². The van der Waals surface area contributed by atoms with Crippen molar-refractivity contribution in [2.45, 2.75) is 44.1 Å². The lowest BCUT2D eigenvalue weighted by Crippen LogP contribution is -2.50. The predicted molar refractivity (Wildman–Crippen MR) is 59.5 cm³/mol. The Morgan fingerprint density at radius 1 is 1.00 bits per heavy atom. The van der Waals surface area contributed by atoms with Crippen LogP contribution in [-0.2, 0) is 0 Å². The maximum Gasteiger partial charge on any atom is 0.0726 e. The summed E-state index contributed by atoms with van der Waals surface area (Å²) >= 11 is 1.95. The molecule has 2 rings (SSSR count). The van der Waals surface area contributed by atoms with Crippen molar-refractivity contribution < 1.29 is 10.2 Å². The first-order valence-corrected chi connectivity index (χ1v) is 6.79. The van der Waals surface area contributed by atoms with Crippen molar-refractivity contribution in [3.63, 3.8) is 0 Å². The van der Waals surface area contributed by atoms with Crippen LogP contribution in [0.5, 0.6) is 0 Å². The third-order valence-electron chi connectivity index (χ3n) is 4.17. The first-order chi connectivity index (χ1) is 6.72. The lowest BCUT2D eigenvalue weighted by Gasteiger charge is -2.46. The van der Waals surface area contributed by atoms with Gasteiger partial charge in [-0.2, -0.15) is 11.8 Å². The molecule has 82 valence electrons. The van der Waals surface area contributed by atoms with Crippen molar-refractivity contribution in [2.24, 2.45) is 5.41 Å². The Morgan fingerprint density at radius 3 is 2.07 bits per heavy atom. The van der Waals surface area contributed by atoms with Gasteiger partial charge in [-0.1, -0.05) is 12.8 Å². The van der Waals surface area contributed by atoms with Crippen molar-refractivity contribution in [1.82, 2.24) is 0 Å². The third kappa shape index (κ3) is 1.59. The molecule has 3 heteroatoms. The highest BCUT2D eigenvalue weighted by atomic mass is 32.2. The lowest BCUT2D eigenvalue weighted by molar-refractivity contribution is -0.110. The molecule has 1 saturated heterocycles. The monoisotopic (exact) mass is 216 g/mol. The largest absolute Gasteiger partial charge is 0.396 e. The van der Waals surface area contributed by atoms with Crippen LogP contribution in [0.1, 0.15) is 38.5 Å². The minimum atomic E-state index is -0.553. The normalized spacial score (nSPS) is 30.4. The zero-order valence-corrected chi connectivity index (χ0v) is 9.48. The number of hydrogen-bond acceptors (Lipinski definition) is 3. The molecule has 2 N–H and O–H groups in total. The molecule has 1 heterocycles. The molecule has 0 aromatic carbocycles. The van der Waals surface area contributed by atoms with Crippen LogP contribution in [0, 0.1) is 5.41 Å². The maximum absolute atomic E-state index is 10.6. The second-order valence-electron chi connectivity index (χ2n) is 4.79. The Balaban J connectivity index is 2.16. The topological polar surface area (TPSA) is 40.5 Å². The van der Waals surface area contributed by atoms with E-state index in [1.165, 1.54) is 0 Å². The highest BCUT2D eigenvalue weighted by Crippen LogP contribution is 2.50. The van der Waals surface area contributed by atoms with Crippen LogP contribution in [0.4, 0.5) is 0 Å². The zero-order chi connectivity index (χ0) is 10.1. The minimum absolute atomic E-state index is 0.171. The summed E-state index contributed by atoms with van der Waals surface area (Å²) in [7, 11) is 0. The van der Waals surface area contributed by atoms with Gasteiger partial charge in [0.2, 0.25) is 0 Å². The molecule has 2 aliphatic rings. The van der Waals surface area contributed by atoms with Crippen molar-refractivity contribution in [2.75, 3.05) is 18.1 Å². The second-order valence-corrected chi connectivity index (χ2v) is 6.01. The maximum atomic E-state index is 10.6. The molecule has 0 radical (unpaired) electrons. The Labute approximate surface area is 90.1 Å². The molecule has 1 aliphatic carbocycles. The summed E-state index contributed by atoms with van der Waals surface area (Å²) in [4.78, 5) is 0. The molecule has 0 unspecified atom stereocenters. The SMILES string of the molecule is OCC1(C2(O)CCCC2)CCSCC1. The standard InChI is InChI=1S/C11H20O2S/c12-9-10(5-7-14-8-6-10)11(13)3-1-2-4-11/h12-13H,1-9H2. The molecule has 0 amide bonds. The van der Waals surface area contributed by atoms with Crippen LogP contribution in [-0.4, -0.2) is 33.9 Å². The number of aliphatic hydroxyl groups excluding tert-OH is 1. The van der Waals surface area contributed by atoms with Crippen LogP contribution in [0.25, 0.3) is 0 Å². The van der Waals surface area contributed by atoms with Gasteiger partial charge in [0.1, 0.15) is 0 Å². The van der Waals surface area contributed by atoms with Crippen molar-refractivity contribution in [3.8, 4) is 0 Å². The molecule has 2 fully saturated rings. The fourth-order valence-corrected chi connectivity index (χ4v) is 4.30. The van der Waals surface area contributed by atoms with E-state index in [1.54, 1.807) is 0 Å². The molecule has 0 spiro atoms. The highest BCUT2D eigenvalue weighted by molar-refractivity contribution is 7.99. The summed E-state index contributed by atoms with van der Waals surface area (Å²) in [6.07, 6.45) is 6.04. The van der Waals surface area contributed by atoms with Crippen LogP contribution < -0.4 is 0 Å². The quantitative estimate of drug-likeness (QED) is 0.739. The van der Waals surface area contributed by atoms with Crippen LogP contribution in [0.15, 0.2) is 0 Å². The lowest BCUT2D eigenvalue weighted by atomic mass is 9.67. The summed E-state index contributed by atoms with van der Waals surface area (Å²) < 4.78 is 0. The Hall–Kier alpha value is 0.270. The van der Waals surface area contributed by atoms with Gasteiger partial charge < -0.3 is 10.2 Å². The number of thioether (sulfide) groups is 1. The fraction of sp³-hybridized carbons (Fsp3) is 1.00. The van der Waals surface area contributed by atoms with Gasteiger partial charge in [-0.25, -0.2) is 0 Å². The summed E-state index contributed by atoms with van der Waals surface area (Å²) in [5.41, 5.74) is -0.725. The van der Waals surface area contributed by atoms with Gasteiger partial charge in [-0.15, -0.1) is 0 Å². The van der Waals surface area contributed by atoms with Gasteiger partial charge in [0.15, 0.2) is 0 Å². The third-order valence-corrected chi connectivity index (χ3v) is 5.16. The van der Waals surface area contributed by atoms with Gasteiger partial charge in [0.25, 0.3) is 0 Å². The zero-order valence-electron chi connectivity index (χ0n) is 8.67. The van der Waals surface area contributed by atoms with Crippen LogP contribution in [0.3, 0.4) is 0 Å². The van der Waals surface area contributed by atoms with E-state index in [-0.39, 0.29) is 12.0 Å². The predicted octanol–water partition coefficient (Wildman–Crippen LogP) is 1.80. The molecular weight excluding hydrogens is 196 g/mol. The van der Waals surface area contributed by atoms with Gasteiger partial charge in [0.05, 0.1) is 12.2 Å². The average molecular weight is 216 g/mol. The molecule has 14 heavy (non-hydrogen) atoms. The van der Waals surface area contributed by atoms with E-state index in [9.17, 15) is 10.2 Å². The van der Waals surface area contributed by atoms with Gasteiger partial charge in [0, 0.05) is 5.41 Å². The summed E-state index contributed by atoms with van der Waals surface area (Å²) in [6, 6.07) is 0. The number of aliphatic hydroxyl groups is 2. The van der Waals surface area contributed by atoms with Crippen molar-refractivity contribution >= 4 is 11.8 Å². The molecule has 0 aromatic rings. The van der Waals surface area contributed by atoms with Crippen molar-refractivity contribution in [3.05, 3.63) is 0 Å². The van der Waals surface area contributed by atoms with E-state index in [0.29, 0.717) is 0 Å². The molecule has 1 saturated carbocycles. The van der Waals surface area contributed by atoms with Crippen molar-refractivity contribution in [1.29, 1.82) is 0 Å². The van der Waals surface area contributed by atoms with Crippen LogP contribution >= 0.6 is 11.8 Å². The van der Waals surface area contributed by atoms with E-state index in [2.05, 4.69) is 0 Å². The Morgan fingerprint density at radius 2 is 1.57 bits per heavy atom. The molecule has 0 bridgehead atoms. The minimum Gasteiger partial charge on any atom is -0.396 e. The van der Waals surface area contributed by atoms with Crippen LogP contribution in [0.2, 0.25) is 0 Å². The van der Waals surface area contributed by atoms with E-state index in [4.69, 9.17) is 0 Å². The smallest absolute Gasteiger partial charge is 0.0726 e. The molecular formula is C11H20O2S. The molecule has 1 aliphatic heterocycles. The van der Waals surface area contributed by atoms with Gasteiger partial charge in [-0.05, 0) is 37.2 Å². The Bertz CT molecular complexity index is 193. The van der Waals surface area contributed by atoms with Gasteiger partial charge >= 0.3 is 0 Å². The van der Waals surface area contributed by atoms with E-state index in [1.807, 2.05) is 11.8 Å². The number of rotatable bonds is 2. The summed E-state index contributed by atoms with van der Waals surface area (Å²) in [6.45, 7) is 0.171. The summed E-state index contributed by atoms with van der Waals surface area (Å²) in [5, 5.41) is 20.2. The Kier molecular flexibility index (Phi) is 3.10. The first-order valence-electron chi connectivity index (χ1n) is 5.63. The molecule has 2 nitrogen and oxygen atoms in total. The molecule has 0 aromatic heterocycles. The fourth-order valence-electron chi connectivity index (χ4n) is 3.02. The number of hydrogen-bond donors (Lipinski definition) is 2. The second kappa shape index (κ2) is 4.03. The van der Waals surface area contributed by atoms with Gasteiger partial charge in [-0.3, -0.25) is 0 Å². The average Bonchev–Trinajstić information content (AvgIpc) is 2.68. The highest BCUT2D eigenvalue weighted by Gasteiger charge is 2.51. The first kappa shape index (κ1) is 10.8. The molecule has 0 atom stereocenters. The van der Waals surface area contributed by atoms with E-state index in [0.717, 1.165) is 50.0 Å². The van der Waals surface area contributed by atoms with E-state index < -0.39 is 5.60 Å².